The second-order valence-electron chi connectivity index (χ2n) is 3.06. The molecule has 1 aromatic heterocycles. The molecule has 0 fully saturated rings. The minimum atomic E-state index is -4.31. The van der Waals surface area contributed by atoms with Gasteiger partial charge in [-0.3, -0.25) is 0 Å². The number of halogens is 4. The number of alkyl halides is 4. The lowest BCUT2D eigenvalue weighted by Crippen LogP contribution is -2.34. The lowest BCUT2D eigenvalue weighted by molar-refractivity contribution is -0.149. The number of ether oxygens (including phenoxy) is 1. The fourth-order valence-corrected chi connectivity index (χ4v) is 0.828. The van der Waals surface area contributed by atoms with Crippen molar-refractivity contribution in [2.75, 3.05) is 6.61 Å². The van der Waals surface area contributed by atoms with Crippen LogP contribution < -0.4 is 10.5 Å². The molecule has 0 aliphatic rings. The molecule has 1 heterocycles. The van der Waals surface area contributed by atoms with Crippen molar-refractivity contribution in [2.45, 2.75) is 12.3 Å². The number of nitrogens with two attached hydrogens (primary N) is 1. The maximum absolute atomic E-state index is 12.5. The van der Waals surface area contributed by atoms with Gasteiger partial charge in [0.1, 0.15) is 5.69 Å². The zero-order chi connectivity index (χ0) is 13.8. The Kier molecular flexibility index (Phi) is 4.23. The van der Waals surface area contributed by atoms with Gasteiger partial charge >= 0.3 is 18.4 Å². The second kappa shape index (κ2) is 5.47. The number of rotatable bonds is 5. The van der Waals surface area contributed by atoms with Gasteiger partial charge in [-0.2, -0.15) is 13.8 Å². The SMILES string of the molecule is N/C(=N/O)c1ccnc(OCC(F)(F)C(F)F)n1. The molecule has 1 rings (SSSR count). The zero-order valence-electron chi connectivity index (χ0n) is 8.73. The molecule has 0 bridgehead atoms. The van der Waals surface area contributed by atoms with Crippen molar-refractivity contribution in [3.05, 3.63) is 18.0 Å². The Morgan fingerprint density at radius 2 is 2.22 bits per heavy atom. The summed E-state index contributed by atoms with van der Waals surface area (Å²) in [6.45, 7) is -1.58. The topological polar surface area (TPSA) is 93.6 Å². The molecule has 0 aromatic carbocycles. The molecule has 3 N–H and O–H groups in total. The molecule has 0 spiro atoms. The van der Waals surface area contributed by atoms with Crippen molar-refractivity contribution < 1.29 is 27.5 Å². The van der Waals surface area contributed by atoms with Crippen LogP contribution in [0.1, 0.15) is 5.69 Å². The van der Waals surface area contributed by atoms with E-state index < -0.39 is 30.8 Å². The van der Waals surface area contributed by atoms with Crippen LogP contribution in [-0.4, -0.2) is 40.0 Å². The lowest BCUT2D eigenvalue weighted by atomic mass is 10.4. The maximum Gasteiger partial charge on any atom is 0.340 e. The summed E-state index contributed by atoms with van der Waals surface area (Å²) in [6.07, 6.45) is -2.78. The van der Waals surface area contributed by atoms with Gasteiger partial charge in [0.2, 0.25) is 0 Å². The number of oxime groups is 1. The first-order chi connectivity index (χ1) is 8.36. The molecule has 0 aliphatic heterocycles. The van der Waals surface area contributed by atoms with Crippen molar-refractivity contribution in [3.63, 3.8) is 0 Å². The maximum atomic E-state index is 12.5. The highest BCUT2D eigenvalue weighted by Gasteiger charge is 2.42. The Bertz CT molecular complexity index is 441. The van der Waals surface area contributed by atoms with Gasteiger partial charge in [-0.25, -0.2) is 13.8 Å². The van der Waals surface area contributed by atoms with Gasteiger partial charge in [0.15, 0.2) is 12.4 Å². The van der Waals surface area contributed by atoms with E-state index in [2.05, 4.69) is 19.9 Å². The lowest BCUT2D eigenvalue weighted by Gasteiger charge is -2.14. The van der Waals surface area contributed by atoms with E-state index in [4.69, 9.17) is 10.9 Å². The molecule has 1 aromatic rings. The van der Waals surface area contributed by atoms with Crippen LogP contribution in [0.3, 0.4) is 0 Å². The summed E-state index contributed by atoms with van der Waals surface area (Å²) in [7, 11) is 0. The molecule has 100 valence electrons. The third-order valence-electron chi connectivity index (χ3n) is 1.72. The van der Waals surface area contributed by atoms with Crippen molar-refractivity contribution in [3.8, 4) is 6.01 Å². The van der Waals surface area contributed by atoms with E-state index in [1.54, 1.807) is 0 Å². The van der Waals surface area contributed by atoms with Gasteiger partial charge in [-0.15, -0.1) is 0 Å². The van der Waals surface area contributed by atoms with Crippen molar-refractivity contribution in [2.24, 2.45) is 10.9 Å². The van der Waals surface area contributed by atoms with Crippen LogP contribution in [0.2, 0.25) is 0 Å². The Morgan fingerprint density at radius 1 is 1.56 bits per heavy atom. The summed E-state index contributed by atoms with van der Waals surface area (Å²) in [6, 6.07) is 0.632. The van der Waals surface area contributed by atoms with E-state index in [0.717, 1.165) is 6.20 Å². The second-order valence-corrected chi connectivity index (χ2v) is 3.06. The molecule has 0 amide bonds. The fraction of sp³-hybridized carbons (Fsp3) is 0.375. The fourth-order valence-electron chi connectivity index (χ4n) is 0.828. The molecule has 10 heteroatoms. The standard InChI is InChI=1S/C8H8F4N4O2/c9-6(10)8(11,12)3-18-7-14-2-1-4(15-7)5(13)16-17/h1-2,6,17H,3H2,(H2,13,16). The number of hydrogen-bond acceptors (Lipinski definition) is 5. The van der Waals surface area contributed by atoms with E-state index in [9.17, 15) is 17.6 Å². The minimum Gasteiger partial charge on any atom is -0.457 e. The van der Waals surface area contributed by atoms with Crippen molar-refractivity contribution in [1.82, 2.24) is 9.97 Å². The van der Waals surface area contributed by atoms with Crippen LogP contribution in [-0.2, 0) is 0 Å². The smallest absolute Gasteiger partial charge is 0.340 e. The van der Waals surface area contributed by atoms with E-state index in [-0.39, 0.29) is 5.69 Å². The normalized spacial score (nSPS) is 12.8. The van der Waals surface area contributed by atoms with Gasteiger partial charge in [0.25, 0.3) is 0 Å². The van der Waals surface area contributed by atoms with Crippen LogP contribution in [0.25, 0.3) is 0 Å². The Hall–Kier alpha value is -2.13. The minimum absolute atomic E-state index is 0.0946. The highest BCUT2D eigenvalue weighted by Crippen LogP contribution is 2.23. The van der Waals surface area contributed by atoms with Crippen LogP contribution in [0, 0.1) is 0 Å². The molecule has 18 heavy (non-hydrogen) atoms. The monoisotopic (exact) mass is 268 g/mol. The Balaban J connectivity index is 2.75. The molecule has 0 radical (unpaired) electrons. The van der Waals surface area contributed by atoms with Gasteiger partial charge in [-0.1, -0.05) is 5.16 Å². The van der Waals surface area contributed by atoms with Crippen LogP contribution in [0.4, 0.5) is 17.6 Å². The molecule has 6 nitrogen and oxygen atoms in total. The molecule has 0 atom stereocenters. The highest BCUT2D eigenvalue weighted by molar-refractivity contribution is 5.95. The van der Waals surface area contributed by atoms with Crippen LogP contribution in [0.5, 0.6) is 6.01 Å². The Morgan fingerprint density at radius 3 is 2.78 bits per heavy atom. The predicted molar refractivity (Wildman–Crippen MR) is 51.0 cm³/mol. The molecule has 0 aliphatic carbocycles. The molecular formula is C8H8F4N4O2. The number of hydrogen-bond donors (Lipinski definition) is 2. The van der Waals surface area contributed by atoms with Crippen molar-refractivity contribution in [1.29, 1.82) is 0 Å². The summed E-state index contributed by atoms with van der Waals surface area (Å²) in [5.41, 5.74) is 5.08. The number of amidine groups is 1. The van der Waals surface area contributed by atoms with Crippen LogP contribution >= 0.6 is 0 Å². The average Bonchev–Trinajstić information content (AvgIpc) is 2.35. The quantitative estimate of drug-likeness (QED) is 0.271. The van der Waals surface area contributed by atoms with E-state index in [1.807, 2.05) is 0 Å². The van der Waals surface area contributed by atoms with Gasteiger partial charge < -0.3 is 15.7 Å². The summed E-state index contributed by atoms with van der Waals surface area (Å²) in [4.78, 5) is 6.89. The summed E-state index contributed by atoms with van der Waals surface area (Å²) in [5.74, 6) is -4.71. The highest BCUT2D eigenvalue weighted by atomic mass is 19.3. The number of aromatic nitrogens is 2. The van der Waals surface area contributed by atoms with E-state index in [1.165, 1.54) is 6.07 Å². The third kappa shape index (κ3) is 3.43. The molecule has 0 unspecified atom stereocenters. The van der Waals surface area contributed by atoms with E-state index in [0.29, 0.717) is 0 Å². The molecular weight excluding hydrogens is 260 g/mol. The van der Waals surface area contributed by atoms with Gasteiger partial charge in [0, 0.05) is 6.20 Å². The van der Waals surface area contributed by atoms with Crippen LogP contribution in [0.15, 0.2) is 17.4 Å². The van der Waals surface area contributed by atoms with Gasteiger partial charge in [0.05, 0.1) is 0 Å². The zero-order valence-corrected chi connectivity index (χ0v) is 8.73. The largest absolute Gasteiger partial charge is 0.457 e. The summed E-state index contributed by atoms with van der Waals surface area (Å²) >= 11 is 0. The summed E-state index contributed by atoms with van der Waals surface area (Å²) in [5, 5.41) is 11.0. The first-order valence-electron chi connectivity index (χ1n) is 4.46. The average molecular weight is 268 g/mol. The van der Waals surface area contributed by atoms with E-state index >= 15 is 0 Å². The first kappa shape index (κ1) is 13.9. The Labute approximate surface area is 98.1 Å². The number of nitrogens with zero attached hydrogens (tertiary/aromatic N) is 3. The van der Waals surface area contributed by atoms with Gasteiger partial charge in [-0.05, 0) is 6.07 Å². The van der Waals surface area contributed by atoms with Crippen molar-refractivity contribution >= 4 is 5.84 Å². The predicted octanol–water partition coefficient (Wildman–Crippen LogP) is 0.850. The third-order valence-corrected chi connectivity index (χ3v) is 1.72. The molecule has 0 saturated carbocycles. The summed E-state index contributed by atoms with van der Waals surface area (Å²) < 4.78 is 53.1. The first-order valence-corrected chi connectivity index (χ1v) is 4.46. The molecule has 0 saturated heterocycles.